The highest BCUT2D eigenvalue weighted by Gasteiger charge is 2.20. The highest BCUT2D eigenvalue weighted by molar-refractivity contribution is 7.98. The van der Waals surface area contributed by atoms with E-state index < -0.39 is 5.41 Å². The second-order valence-corrected chi connectivity index (χ2v) is 6.56. The Morgan fingerprint density at radius 2 is 1.55 bits per heavy atom. The third-order valence-electron chi connectivity index (χ3n) is 2.64. The maximum atomic E-state index is 11.8. The van der Waals surface area contributed by atoms with Crippen LogP contribution in [0.5, 0.6) is 0 Å². The summed E-state index contributed by atoms with van der Waals surface area (Å²) < 4.78 is 0. The third kappa shape index (κ3) is 5.65. The zero-order valence-corrected chi connectivity index (χ0v) is 13.3. The van der Waals surface area contributed by atoms with Crippen LogP contribution in [0.15, 0.2) is 24.3 Å². The van der Waals surface area contributed by atoms with Crippen LogP contribution in [0.3, 0.4) is 0 Å². The summed E-state index contributed by atoms with van der Waals surface area (Å²) in [5, 5.41) is 5.66. The molecule has 0 aliphatic heterocycles. The Labute approximate surface area is 124 Å². The van der Waals surface area contributed by atoms with Gasteiger partial charge in [-0.2, -0.15) is 11.8 Å². The quantitative estimate of drug-likeness (QED) is 0.875. The lowest BCUT2D eigenvalue weighted by atomic mass is 9.95. The fraction of sp³-hybridized carbons (Fsp3) is 0.467. The van der Waals surface area contributed by atoms with E-state index in [9.17, 15) is 9.59 Å². The molecule has 0 bridgehead atoms. The number of thioether (sulfide) groups is 1. The molecule has 0 unspecified atom stereocenters. The number of carbonyl (C=O) groups excluding carboxylic acids is 2. The van der Waals surface area contributed by atoms with E-state index in [0.717, 1.165) is 17.1 Å². The number of rotatable bonds is 5. The summed E-state index contributed by atoms with van der Waals surface area (Å²) in [4.78, 5) is 23.4. The summed E-state index contributed by atoms with van der Waals surface area (Å²) in [6.07, 6.45) is 2.48. The lowest BCUT2D eigenvalue weighted by Crippen LogP contribution is -2.27. The Hall–Kier alpha value is -1.49. The van der Waals surface area contributed by atoms with E-state index in [1.807, 2.05) is 27.0 Å². The number of carbonyl (C=O) groups is 2. The molecule has 0 aromatic heterocycles. The first-order chi connectivity index (χ1) is 9.32. The summed E-state index contributed by atoms with van der Waals surface area (Å²) >= 11 is 1.64. The van der Waals surface area contributed by atoms with E-state index in [0.29, 0.717) is 6.42 Å². The first kappa shape index (κ1) is 16.6. The Balaban J connectivity index is 2.56. The minimum absolute atomic E-state index is 0.00540. The van der Waals surface area contributed by atoms with Gasteiger partial charge in [0.05, 0.1) is 0 Å². The number of anilines is 2. The highest BCUT2D eigenvalue weighted by Crippen LogP contribution is 2.19. The van der Waals surface area contributed by atoms with Crippen molar-refractivity contribution in [2.45, 2.75) is 27.2 Å². The van der Waals surface area contributed by atoms with Crippen molar-refractivity contribution in [1.82, 2.24) is 0 Å². The van der Waals surface area contributed by atoms with Crippen LogP contribution in [0.1, 0.15) is 27.2 Å². The molecule has 4 nitrogen and oxygen atoms in total. The van der Waals surface area contributed by atoms with Crippen molar-refractivity contribution < 1.29 is 9.59 Å². The summed E-state index contributed by atoms with van der Waals surface area (Å²) in [5.41, 5.74) is 1.04. The standard InChI is InChI=1S/C15H22N2O2S/c1-15(2,3)14(19)17-12-7-5-11(6-8-12)16-13(18)9-10-20-4/h5-8H,9-10H2,1-4H3,(H,16,18)(H,17,19). The molecular weight excluding hydrogens is 272 g/mol. The molecule has 0 radical (unpaired) electrons. The lowest BCUT2D eigenvalue weighted by molar-refractivity contribution is -0.123. The fourth-order valence-corrected chi connectivity index (χ4v) is 1.76. The molecule has 1 aromatic carbocycles. The van der Waals surface area contributed by atoms with Crippen molar-refractivity contribution in [2.24, 2.45) is 5.41 Å². The lowest BCUT2D eigenvalue weighted by Gasteiger charge is -2.17. The summed E-state index contributed by atoms with van der Waals surface area (Å²) in [6, 6.07) is 7.15. The van der Waals surface area contributed by atoms with Gasteiger partial charge in [0.1, 0.15) is 0 Å². The van der Waals surface area contributed by atoms with Crippen molar-refractivity contribution in [1.29, 1.82) is 0 Å². The van der Waals surface area contributed by atoms with Crippen LogP contribution in [-0.4, -0.2) is 23.8 Å². The van der Waals surface area contributed by atoms with E-state index in [1.165, 1.54) is 0 Å². The molecule has 0 aliphatic rings. The van der Waals surface area contributed by atoms with Crippen molar-refractivity contribution in [3.05, 3.63) is 24.3 Å². The second kappa shape index (κ2) is 7.33. The van der Waals surface area contributed by atoms with Crippen molar-refractivity contribution in [3.8, 4) is 0 Å². The van der Waals surface area contributed by atoms with Crippen LogP contribution in [0.25, 0.3) is 0 Å². The molecule has 0 heterocycles. The molecular formula is C15H22N2O2S. The van der Waals surface area contributed by atoms with Gasteiger partial charge in [0, 0.05) is 29.0 Å². The van der Waals surface area contributed by atoms with Gasteiger partial charge in [-0.05, 0) is 30.5 Å². The topological polar surface area (TPSA) is 58.2 Å². The third-order valence-corrected chi connectivity index (χ3v) is 3.25. The number of amides is 2. The molecule has 0 saturated heterocycles. The fourth-order valence-electron chi connectivity index (χ4n) is 1.37. The van der Waals surface area contributed by atoms with Crippen LogP contribution >= 0.6 is 11.8 Å². The van der Waals surface area contributed by atoms with Gasteiger partial charge in [-0.25, -0.2) is 0 Å². The summed E-state index contributed by atoms with van der Waals surface area (Å²) in [5.74, 6) is 0.783. The van der Waals surface area contributed by atoms with E-state index in [4.69, 9.17) is 0 Å². The van der Waals surface area contributed by atoms with Gasteiger partial charge in [-0.15, -0.1) is 0 Å². The molecule has 110 valence electrons. The van der Waals surface area contributed by atoms with Crippen molar-refractivity contribution >= 4 is 35.0 Å². The molecule has 1 rings (SSSR count). The Bertz CT molecular complexity index is 464. The minimum Gasteiger partial charge on any atom is -0.326 e. The molecule has 5 heteroatoms. The van der Waals surface area contributed by atoms with Crippen LogP contribution in [-0.2, 0) is 9.59 Å². The number of benzene rings is 1. The second-order valence-electron chi connectivity index (χ2n) is 5.57. The maximum Gasteiger partial charge on any atom is 0.229 e. The largest absolute Gasteiger partial charge is 0.326 e. The van der Waals surface area contributed by atoms with Gasteiger partial charge >= 0.3 is 0 Å². The van der Waals surface area contributed by atoms with Crippen molar-refractivity contribution in [3.63, 3.8) is 0 Å². The average Bonchev–Trinajstić information content (AvgIpc) is 2.37. The maximum absolute atomic E-state index is 11.8. The first-order valence-corrected chi connectivity index (χ1v) is 7.92. The SMILES string of the molecule is CSCCC(=O)Nc1ccc(NC(=O)C(C)(C)C)cc1. The predicted octanol–water partition coefficient (Wildman–Crippen LogP) is 3.36. The molecule has 0 atom stereocenters. The molecule has 0 saturated carbocycles. The molecule has 20 heavy (non-hydrogen) atoms. The smallest absolute Gasteiger partial charge is 0.229 e. The van der Waals surface area contributed by atoms with Gasteiger partial charge in [0.25, 0.3) is 0 Å². The Morgan fingerprint density at radius 3 is 2.00 bits per heavy atom. The van der Waals surface area contributed by atoms with Crippen LogP contribution in [0, 0.1) is 5.41 Å². The van der Waals surface area contributed by atoms with Gasteiger partial charge in [0.2, 0.25) is 11.8 Å². The van der Waals surface area contributed by atoms with E-state index in [2.05, 4.69) is 10.6 Å². The zero-order chi connectivity index (χ0) is 15.2. The molecule has 1 aromatic rings. The predicted molar refractivity (Wildman–Crippen MR) is 86.2 cm³/mol. The van der Waals surface area contributed by atoms with Gasteiger partial charge in [-0.1, -0.05) is 20.8 Å². The first-order valence-electron chi connectivity index (χ1n) is 6.53. The molecule has 0 aliphatic carbocycles. The molecule has 0 fully saturated rings. The summed E-state index contributed by atoms with van der Waals surface area (Å²) in [6.45, 7) is 5.59. The van der Waals surface area contributed by atoms with Crippen LogP contribution < -0.4 is 10.6 Å². The molecule has 0 spiro atoms. The van der Waals surface area contributed by atoms with Crippen LogP contribution in [0.2, 0.25) is 0 Å². The van der Waals surface area contributed by atoms with E-state index in [1.54, 1.807) is 36.0 Å². The normalized spacial score (nSPS) is 11.0. The Morgan fingerprint density at radius 1 is 1.05 bits per heavy atom. The average molecular weight is 294 g/mol. The van der Waals surface area contributed by atoms with E-state index >= 15 is 0 Å². The zero-order valence-electron chi connectivity index (χ0n) is 12.4. The molecule has 2 N–H and O–H groups in total. The summed E-state index contributed by atoms with van der Waals surface area (Å²) in [7, 11) is 0. The Kier molecular flexibility index (Phi) is 6.07. The van der Waals surface area contributed by atoms with Gasteiger partial charge in [-0.3, -0.25) is 9.59 Å². The van der Waals surface area contributed by atoms with E-state index in [-0.39, 0.29) is 11.8 Å². The van der Waals surface area contributed by atoms with Gasteiger partial charge in [0.15, 0.2) is 0 Å². The monoisotopic (exact) mass is 294 g/mol. The number of hydrogen-bond donors (Lipinski definition) is 2. The molecule has 2 amide bonds. The number of hydrogen-bond acceptors (Lipinski definition) is 3. The van der Waals surface area contributed by atoms with Crippen LogP contribution in [0.4, 0.5) is 11.4 Å². The minimum atomic E-state index is -0.426. The number of nitrogens with one attached hydrogen (secondary N) is 2. The van der Waals surface area contributed by atoms with Crippen molar-refractivity contribution in [2.75, 3.05) is 22.6 Å². The van der Waals surface area contributed by atoms with Gasteiger partial charge < -0.3 is 10.6 Å². The highest BCUT2D eigenvalue weighted by atomic mass is 32.2.